The van der Waals surface area contributed by atoms with Gasteiger partial charge in [-0.2, -0.15) is 0 Å². The molecule has 0 unspecified atom stereocenters. The number of aryl methyl sites for hydroxylation is 2. The molecule has 1 saturated heterocycles. The number of fused-ring (bicyclic) bond motifs is 1. The average Bonchev–Trinajstić information content (AvgIpc) is 3.43. The average molecular weight is 542 g/mol. The monoisotopic (exact) mass is 541 g/mol. The molecule has 1 aliphatic rings. The molecule has 5 rings (SSSR count). The minimum absolute atomic E-state index is 0.158. The van der Waals surface area contributed by atoms with Crippen molar-refractivity contribution in [3.8, 4) is 5.75 Å². The summed E-state index contributed by atoms with van der Waals surface area (Å²) in [6, 6.07) is 12.7. The van der Waals surface area contributed by atoms with Crippen molar-refractivity contribution in [3.05, 3.63) is 80.7 Å². The van der Waals surface area contributed by atoms with Crippen molar-refractivity contribution < 1.29 is 19.0 Å². The molecule has 37 heavy (non-hydrogen) atoms. The lowest BCUT2D eigenvalue weighted by molar-refractivity contribution is 0.0702. The lowest BCUT2D eigenvalue weighted by atomic mass is 9.87. The van der Waals surface area contributed by atoms with E-state index in [9.17, 15) is 14.3 Å². The molecule has 2 aromatic heterocycles. The summed E-state index contributed by atoms with van der Waals surface area (Å²) in [6.45, 7) is 4.84. The van der Waals surface area contributed by atoms with Crippen molar-refractivity contribution in [3.63, 3.8) is 0 Å². The number of hydrogen-bond acceptors (Lipinski definition) is 5. The SMILES string of the molecule is CCc1cccc(C2CCN(Cc3nc4sc(C(=O)O)cc4n3C)CC2)c1OCc1ccc(Cl)cc1F. The van der Waals surface area contributed by atoms with E-state index in [0.29, 0.717) is 21.4 Å². The smallest absolute Gasteiger partial charge is 0.346 e. The molecule has 1 N–H and O–H groups in total. The molecular formula is C28H29ClFN3O3S. The first kappa shape index (κ1) is 25.7. The Hall–Kier alpha value is -2.94. The zero-order valence-corrected chi connectivity index (χ0v) is 22.4. The Morgan fingerprint density at radius 1 is 1.22 bits per heavy atom. The van der Waals surface area contributed by atoms with Gasteiger partial charge in [-0.05, 0) is 67.6 Å². The maximum atomic E-state index is 14.3. The number of carbonyl (C=O) groups is 1. The second-order valence-corrected chi connectivity index (χ2v) is 10.9. The van der Waals surface area contributed by atoms with Gasteiger partial charge in [0, 0.05) is 17.6 Å². The number of halogens is 2. The summed E-state index contributed by atoms with van der Waals surface area (Å²) >= 11 is 7.12. The highest BCUT2D eigenvalue weighted by molar-refractivity contribution is 7.20. The van der Waals surface area contributed by atoms with Gasteiger partial charge in [0.25, 0.3) is 0 Å². The highest BCUT2D eigenvalue weighted by Gasteiger charge is 2.26. The van der Waals surface area contributed by atoms with E-state index in [0.717, 1.165) is 66.4 Å². The summed E-state index contributed by atoms with van der Waals surface area (Å²) in [7, 11) is 1.94. The van der Waals surface area contributed by atoms with Gasteiger partial charge in [-0.15, -0.1) is 11.3 Å². The fourth-order valence-electron chi connectivity index (χ4n) is 5.04. The molecular weight excluding hydrogens is 513 g/mol. The fourth-order valence-corrected chi connectivity index (χ4v) is 6.12. The third kappa shape index (κ3) is 5.37. The molecule has 4 aromatic rings. The molecule has 0 bridgehead atoms. The highest BCUT2D eigenvalue weighted by atomic mass is 35.5. The lowest BCUT2D eigenvalue weighted by Crippen LogP contribution is -2.33. The zero-order chi connectivity index (χ0) is 26.1. The number of piperidine rings is 1. The number of benzene rings is 2. The van der Waals surface area contributed by atoms with Gasteiger partial charge < -0.3 is 14.4 Å². The Labute approximate surface area is 224 Å². The number of ether oxygens (including phenoxy) is 1. The van der Waals surface area contributed by atoms with Gasteiger partial charge in [0.15, 0.2) is 0 Å². The van der Waals surface area contributed by atoms with Crippen LogP contribution < -0.4 is 4.74 Å². The first-order valence-electron chi connectivity index (χ1n) is 12.4. The van der Waals surface area contributed by atoms with Gasteiger partial charge in [0.2, 0.25) is 0 Å². The van der Waals surface area contributed by atoms with Gasteiger partial charge in [-0.3, -0.25) is 4.90 Å². The zero-order valence-electron chi connectivity index (χ0n) is 20.8. The quantitative estimate of drug-likeness (QED) is 0.270. The van der Waals surface area contributed by atoms with Crippen molar-refractivity contribution in [2.45, 2.75) is 45.3 Å². The number of imidazole rings is 1. The molecule has 6 nitrogen and oxygen atoms in total. The van der Waals surface area contributed by atoms with Crippen molar-refractivity contribution >= 4 is 39.3 Å². The summed E-state index contributed by atoms with van der Waals surface area (Å²) in [6.07, 6.45) is 2.81. The van der Waals surface area contributed by atoms with Crippen LogP contribution in [0.15, 0.2) is 42.5 Å². The predicted molar refractivity (Wildman–Crippen MR) is 144 cm³/mol. The van der Waals surface area contributed by atoms with Crippen LogP contribution in [0.3, 0.4) is 0 Å². The Bertz CT molecular complexity index is 1440. The molecule has 0 radical (unpaired) electrons. The van der Waals surface area contributed by atoms with Gasteiger partial charge >= 0.3 is 5.97 Å². The van der Waals surface area contributed by atoms with E-state index in [2.05, 4.69) is 30.0 Å². The number of hydrogen-bond donors (Lipinski definition) is 1. The van der Waals surface area contributed by atoms with E-state index < -0.39 is 5.97 Å². The number of carboxylic acid groups (broad SMARTS) is 1. The summed E-state index contributed by atoms with van der Waals surface area (Å²) in [4.78, 5) is 19.4. The van der Waals surface area contributed by atoms with Crippen LogP contribution in [0.1, 0.15) is 57.9 Å². The molecule has 0 atom stereocenters. The first-order valence-corrected chi connectivity index (χ1v) is 13.6. The molecule has 0 saturated carbocycles. The molecule has 0 aliphatic carbocycles. The van der Waals surface area contributed by atoms with E-state index in [1.165, 1.54) is 23.0 Å². The van der Waals surface area contributed by atoms with Gasteiger partial charge in [0.05, 0.1) is 12.1 Å². The number of nitrogens with zero attached hydrogens (tertiary/aromatic N) is 3. The van der Waals surface area contributed by atoms with Gasteiger partial charge in [-0.1, -0.05) is 42.8 Å². The number of para-hydroxylation sites is 1. The molecule has 2 aromatic carbocycles. The summed E-state index contributed by atoms with van der Waals surface area (Å²) in [5.74, 6) is 0.899. The Morgan fingerprint density at radius 3 is 2.68 bits per heavy atom. The standard InChI is InChI=1S/C28H29ClFN3O3S/c1-3-17-5-4-6-21(26(17)36-16-19-7-8-20(29)13-22(19)30)18-9-11-33(12-10-18)15-25-31-27-23(32(25)2)14-24(37-27)28(34)35/h4-8,13-14,18H,3,9-12,15-16H2,1-2H3,(H,34,35). The number of rotatable bonds is 8. The van der Waals surface area contributed by atoms with E-state index in [1.807, 2.05) is 11.6 Å². The molecule has 1 fully saturated rings. The van der Waals surface area contributed by atoms with Crippen molar-refractivity contribution in [1.29, 1.82) is 0 Å². The molecule has 194 valence electrons. The molecule has 3 heterocycles. The van der Waals surface area contributed by atoms with Crippen molar-refractivity contribution in [2.24, 2.45) is 7.05 Å². The fraction of sp³-hybridized carbons (Fsp3) is 0.357. The van der Waals surface area contributed by atoms with Crippen LogP contribution >= 0.6 is 22.9 Å². The summed E-state index contributed by atoms with van der Waals surface area (Å²) < 4.78 is 22.6. The van der Waals surface area contributed by atoms with Crippen molar-refractivity contribution in [1.82, 2.24) is 14.5 Å². The Kier molecular flexibility index (Phi) is 7.51. The minimum atomic E-state index is -0.916. The normalized spacial score (nSPS) is 14.9. The molecule has 1 aliphatic heterocycles. The van der Waals surface area contributed by atoms with Crippen LogP contribution in [-0.4, -0.2) is 38.6 Å². The lowest BCUT2D eigenvalue weighted by Gasteiger charge is -2.33. The third-order valence-corrected chi connectivity index (χ3v) is 8.41. The van der Waals surface area contributed by atoms with Gasteiger partial charge in [-0.25, -0.2) is 14.2 Å². The minimum Gasteiger partial charge on any atom is -0.488 e. The van der Waals surface area contributed by atoms with Crippen LogP contribution in [0, 0.1) is 5.82 Å². The largest absolute Gasteiger partial charge is 0.488 e. The summed E-state index contributed by atoms with van der Waals surface area (Å²) in [5, 5.41) is 9.62. The van der Waals surface area contributed by atoms with Crippen LogP contribution in [-0.2, 0) is 26.6 Å². The van der Waals surface area contributed by atoms with E-state index >= 15 is 0 Å². The predicted octanol–water partition coefficient (Wildman–Crippen LogP) is 6.65. The number of carboxylic acids is 1. The second kappa shape index (κ2) is 10.8. The van der Waals surface area contributed by atoms with Crippen molar-refractivity contribution in [2.75, 3.05) is 13.1 Å². The van der Waals surface area contributed by atoms with E-state index in [-0.39, 0.29) is 12.4 Å². The van der Waals surface area contributed by atoms with Crippen LogP contribution in [0.5, 0.6) is 5.75 Å². The first-order chi connectivity index (χ1) is 17.8. The van der Waals surface area contributed by atoms with Crippen LogP contribution in [0.4, 0.5) is 4.39 Å². The number of likely N-dealkylation sites (tertiary alicyclic amines) is 1. The maximum absolute atomic E-state index is 14.3. The number of thiophene rings is 1. The third-order valence-electron chi connectivity index (χ3n) is 7.17. The Balaban J connectivity index is 1.27. The number of aromatic carboxylic acids is 1. The van der Waals surface area contributed by atoms with E-state index in [1.54, 1.807) is 18.2 Å². The maximum Gasteiger partial charge on any atom is 0.346 e. The van der Waals surface area contributed by atoms with Crippen LogP contribution in [0.2, 0.25) is 5.02 Å². The summed E-state index contributed by atoms with van der Waals surface area (Å²) in [5.41, 5.74) is 3.67. The second-order valence-electron chi connectivity index (χ2n) is 9.46. The molecule has 0 amide bonds. The number of aromatic nitrogens is 2. The Morgan fingerprint density at radius 2 is 2.00 bits per heavy atom. The van der Waals surface area contributed by atoms with Gasteiger partial charge in [0.1, 0.15) is 33.7 Å². The topological polar surface area (TPSA) is 67.6 Å². The highest BCUT2D eigenvalue weighted by Crippen LogP contribution is 2.38. The molecule has 9 heteroatoms. The van der Waals surface area contributed by atoms with E-state index in [4.69, 9.17) is 21.3 Å². The van der Waals surface area contributed by atoms with Crippen LogP contribution in [0.25, 0.3) is 10.3 Å². The molecule has 0 spiro atoms.